The average Bonchev–Trinajstić information content (AvgIpc) is 2.71. The number of ether oxygens (including phenoxy) is 2. The maximum atomic E-state index is 12.0. The van der Waals surface area contributed by atoms with Crippen LogP contribution >= 0.6 is 0 Å². The van der Waals surface area contributed by atoms with Gasteiger partial charge in [-0.2, -0.15) is 0 Å². The molecule has 29 heavy (non-hydrogen) atoms. The Balaban J connectivity index is 1.71. The van der Waals surface area contributed by atoms with Crippen LogP contribution in [0.15, 0.2) is 48.5 Å². The van der Waals surface area contributed by atoms with E-state index >= 15 is 0 Å². The Bertz CT molecular complexity index is 875. The van der Waals surface area contributed by atoms with Crippen molar-refractivity contribution in [3.05, 3.63) is 54.1 Å². The maximum Gasteiger partial charge on any atom is 0.306 e. The molecule has 8 heteroatoms. The SMILES string of the molecule is COc1ccc(C(=O)COC(=O)CCC(=O)Nc2ccc(NC(C)=O)cc2)cc1. The van der Waals surface area contributed by atoms with E-state index in [9.17, 15) is 19.2 Å². The highest BCUT2D eigenvalue weighted by Crippen LogP contribution is 2.14. The average molecular weight is 398 g/mol. The van der Waals surface area contributed by atoms with Crippen LogP contribution < -0.4 is 15.4 Å². The van der Waals surface area contributed by atoms with Gasteiger partial charge in [-0.1, -0.05) is 0 Å². The topological polar surface area (TPSA) is 111 Å². The smallest absolute Gasteiger partial charge is 0.306 e. The zero-order valence-corrected chi connectivity index (χ0v) is 16.2. The van der Waals surface area contributed by atoms with Crippen molar-refractivity contribution in [2.24, 2.45) is 0 Å². The molecule has 2 aromatic carbocycles. The monoisotopic (exact) mass is 398 g/mol. The van der Waals surface area contributed by atoms with Crippen molar-refractivity contribution < 1.29 is 28.7 Å². The van der Waals surface area contributed by atoms with Crippen molar-refractivity contribution in [3.63, 3.8) is 0 Å². The zero-order valence-electron chi connectivity index (χ0n) is 16.2. The van der Waals surface area contributed by atoms with E-state index < -0.39 is 12.6 Å². The van der Waals surface area contributed by atoms with Gasteiger partial charge in [-0.15, -0.1) is 0 Å². The molecule has 2 amide bonds. The van der Waals surface area contributed by atoms with Crippen molar-refractivity contribution >= 4 is 34.9 Å². The summed E-state index contributed by atoms with van der Waals surface area (Å²) in [4.78, 5) is 46.7. The lowest BCUT2D eigenvalue weighted by atomic mass is 10.1. The molecule has 2 N–H and O–H groups in total. The summed E-state index contributed by atoms with van der Waals surface area (Å²) in [5, 5.41) is 5.26. The van der Waals surface area contributed by atoms with E-state index in [1.807, 2.05) is 0 Å². The molecule has 2 aromatic rings. The number of hydrogen-bond acceptors (Lipinski definition) is 6. The van der Waals surface area contributed by atoms with Crippen LogP contribution in [0.2, 0.25) is 0 Å². The first kappa shape index (κ1) is 21.6. The van der Waals surface area contributed by atoms with Crippen LogP contribution in [0, 0.1) is 0 Å². The second kappa shape index (κ2) is 10.6. The van der Waals surface area contributed by atoms with Gasteiger partial charge in [-0.3, -0.25) is 19.2 Å². The van der Waals surface area contributed by atoms with Crippen LogP contribution in [0.1, 0.15) is 30.1 Å². The van der Waals surface area contributed by atoms with Crippen molar-refractivity contribution in [1.29, 1.82) is 0 Å². The Morgan fingerprint density at radius 2 is 1.41 bits per heavy atom. The Morgan fingerprint density at radius 3 is 1.97 bits per heavy atom. The predicted octanol–water partition coefficient (Wildman–Crippen LogP) is 2.80. The summed E-state index contributed by atoms with van der Waals surface area (Å²) in [7, 11) is 1.52. The van der Waals surface area contributed by atoms with Crippen LogP contribution in [-0.2, 0) is 19.1 Å². The van der Waals surface area contributed by atoms with E-state index in [4.69, 9.17) is 9.47 Å². The second-order valence-corrected chi connectivity index (χ2v) is 6.12. The molecule has 0 atom stereocenters. The molecular formula is C21H22N2O6. The van der Waals surface area contributed by atoms with Crippen LogP contribution in [0.3, 0.4) is 0 Å². The minimum atomic E-state index is -0.636. The molecule has 0 radical (unpaired) electrons. The van der Waals surface area contributed by atoms with E-state index in [2.05, 4.69) is 10.6 Å². The Kier molecular flexibility index (Phi) is 7.90. The molecule has 8 nitrogen and oxygen atoms in total. The summed E-state index contributed by atoms with van der Waals surface area (Å²) in [5.41, 5.74) is 1.55. The van der Waals surface area contributed by atoms with Gasteiger partial charge in [0.1, 0.15) is 5.75 Å². The summed E-state index contributed by atoms with van der Waals surface area (Å²) in [6.45, 7) is 1.01. The van der Waals surface area contributed by atoms with E-state index in [1.165, 1.54) is 14.0 Å². The van der Waals surface area contributed by atoms with Gasteiger partial charge in [0.25, 0.3) is 0 Å². The van der Waals surface area contributed by atoms with E-state index in [0.717, 1.165) is 0 Å². The van der Waals surface area contributed by atoms with Gasteiger partial charge in [0.2, 0.25) is 11.8 Å². The molecule has 0 saturated heterocycles. The highest BCUT2D eigenvalue weighted by molar-refractivity contribution is 5.98. The summed E-state index contributed by atoms with van der Waals surface area (Å²) >= 11 is 0. The lowest BCUT2D eigenvalue weighted by molar-refractivity contribution is -0.143. The number of ketones is 1. The Labute approximate surface area is 168 Å². The van der Waals surface area contributed by atoms with Gasteiger partial charge < -0.3 is 20.1 Å². The van der Waals surface area contributed by atoms with Crippen LogP contribution in [0.25, 0.3) is 0 Å². The minimum Gasteiger partial charge on any atom is -0.497 e. The van der Waals surface area contributed by atoms with Gasteiger partial charge in [0.15, 0.2) is 12.4 Å². The molecule has 0 aromatic heterocycles. The summed E-state index contributed by atoms with van der Waals surface area (Å²) in [6, 6.07) is 13.0. The minimum absolute atomic E-state index is 0.0804. The second-order valence-electron chi connectivity index (χ2n) is 6.12. The number of esters is 1. The molecule has 2 rings (SSSR count). The highest BCUT2D eigenvalue weighted by atomic mass is 16.5. The largest absolute Gasteiger partial charge is 0.497 e. The third kappa shape index (κ3) is 7.45. The van der Waals surface area contributed by atoms with Crippen molar-refractivity contribution in [3.8, 4) is 5.75 Å². The molecule has 0 saturated carbocycles. The summed E-state index contributed by atoms with van der Waals surface area (Å²) in [6.07, 6.45) is -0.227. The maximum absolute atomic E-state index is 12.0. The quantitative estimate of drug-likeness (QED) is 0.496. The van der Waals surface area contributed by atoms with E-state index in [-0.39, 0.29) is 30.4 Å². The molecule has 0 aliphatic carbocycles. The first-order valence-electron chi connectivity index (χ1n) is 8.88. The summed E-state index contributed by atoms with van der Waals surface area (Å²) in [5.74, 6) is -0.913. The zero-order chi connectivity index (χ0) is 21.2. The normalized spacial score (nSPS) is 10.0. The third-order valence-corrected chi connectivity index (χ3v) is 3.82. The van der Waals surface area contributed by atoms with E-state index in [0.29, 0.717) is 22.7 Å². The van der Waals surface area contributed by atoms with E-state index in [1.54, 1.807) is 48.5 Å². The predicted molar refractivity (Wildman–Crippen MR) is 107 cm³/mol. The molecule has 0 fully saturated rings. The number of anilines is 2. The molecule has 152 valence electrons. The molecule has 0 aliphatic heterocycles. The van der Waals surface area contributed by atoms with Crippen LogP contribution in [0.4, 0.5) is 11.4 Å². The van der Waals surface area contributed by atoms with Crippen LogP contribution in [-0.4, -0.2) is 37.3 Å². The number of carbonyl (C=O) groups is 4. The number of rotatable bonds is 9. The molecule has 0 aliphatic rings. The number of amides is 2. The highest BCUT2D eigenvalue weighted by Gasteiger charge is 2.12. The van der Waals surface area contributed by atoms with Crippen molar-refractivity contribution in [2.75, 3.05) is 24.4 Å². The molecule has 0 unspecified atom stereocenters. The Morgan fingerprint density at radius 1 is 0.828 bits per heavy atom. The fourth-order valence-corrected chi connectivity index (χ4v) is 2.36. The molecule has 0 spiro atoms. The van der Waals surface area contributed by atoms with Crippen molar-refractivity contribution in [1.82, 2.24) is 0 Å². The number of methoxy groups -OCH3 is 1. The van der Waals surface area contributed by atoms with Gasteiger partial charge in [-0.05, 0) is 48.5 Å². The number of hydrogen-bond donors (Lipinski definition) is 2. The Hall–Kier alpha value is -3.68. The lowest BCUT2D eigenvalue weighted by Gasteiger charge is -2.07. The fraction of sp³-hybridized carbons (Fsp3) is 0.238. The fourth-order valence-electron chi connectivity index (χ4n) is 2.36. The number of carbonyl (C=O) groups excluding carboxylic acids is 4. The lowest BCUT2D eigenvalue weighted by Crippen LogP contribution is -2.17. The van der Waals surface area contributed by atoms with Gasteiger partial charge >= 0.3 is 5.97 Å². The standard InChI is InChI=1S/C21H22N2O6/c1-14(24)22-16-5-7-17(8-6-16)23-20(26)11-12-21(27)29-13-19(25)15-3-9-18(28-2)10-4-15/h3-10H,11-13H2,1-2H3,(H,22,24)(H,23,26). The molecule has 0 heterocycles. The first-order valence-corrected chi connectivity index (χ1v) is 8.88. The van der Waals surface area contributed by atoms with Crippen molar-refractivity contribution in [2.45, 2.75) is 19.8 Å². The first-order chi connectivity index (χ1) is 13.9. The number of nitrogens with one attached hydrogen (secondary N) is 2. The van der Waals surface area contributed by atoms with Gasteiger partial charge in [0, 0.05) is 30.3 Å². The molecule has 0 bridgehead atoms. The third-order valence-electron chi connectivity index (χ3n) is 3.82. The number of Topliss-reactive ketones (excluding diaryl/α,β-unsaturated/α-hetero) is 1. The number of benzene rings is 2. The van der Waals surface area contributed by atoms with Gasteiger partial charge in [0.05, 0.1) is 13.5 Å². The molecular weight excluding hydrogens is 376 g/mol. The summed E-state index contributed by atoms with van der Waals surface area (Å²) < 4.78 is 9.94. The van der Waals surface area contributed by atoms with Crippen LogP contribution in [0.5, 0.6) is 5.75 Å². The van der Waals surface area contributed by atoms with Gasteiger partial charge in [-0.25, -0.2) is 0 Å².